The number of aromatic carboxylic acids is 1. The van der Waals surface area contributed by atoms with Crippen molar-refractivity contribution in [3.8, 4) is 5.88 Å². The van der Waals surface area contributed by atoms with E-state index < -0.39 is 5.97 Å². The van der Waals surface area contributed by atoms with Crippen molar-refractivity contribution >= 4 is 22.8 Å². The predicted octanol–water partition coefficient (Wildman–Crippen LogP) is 4.80. The third-order valence-electron chi connectivity index (χ3n) is 8.83. The molecule has 4 aromatic rings. The number of benzene rings is 2. The van der Waals surface area contributed by atoms with Crippen LogP contribution in [0, 0.1) is 12.7 Å². The van der Waals surface area contributed by atoms with E-state index in [-0.39, 0.29) is 24.1 Å². The normalized spacial score (nSPS) is 22.0. The fourth-order valence-corrected chi connectivity index (χ4v) is 6.44. The maximum absolute atomic E-state index is 14.3. The van der Waals surface area contributed by atoms with Gasteiger partial charge in [0.05, 0.1) is 35.8 Å². The minimum Gasteiger partial charge on any atom is -0.478 e. The molecular formula is C32H34FN5O4. The molecule has 7 rings (SSSR count). The third-order valence-corrected chi connectivity index (χ3v) is 8.83. The van der Waals surface area contributed by atoms with Crippen LogP contribution in [-0.2, 0) is 24.4 Å². The van der Waals surface area contributed by atoms with E-state index >= 15 is 0 Å². The van der Waals surface area contributed by atoms with Gasteiger partial charge in [0.2, 0.25) is 5.88 Å². The standard InChI is InChI=1S/C32H34FN5O4/c1-20-5-6-22(26(33)13-20)19-42-31-4-2-3-29(35-31)36-15-23-8-9-24(16-36)37(23)18-30-34-27-10-7-21(32(39)40)14-28(27)38(30)17-25-11-12-41-25/h2-7,10,13-14,23-25H,8-9,11-12,15-19H2,1H3,(H,39,40)/t23?,24?,25-/m0/s1. The van der Waals surface area contributed by atoms with Gasteiger partial charge in [-0.2, -0.15) is 4.98 Å². The number of pyridine rings is 1. The highest BCUT2D eigenvalue weighted by atomic mass is 19.1. The Morgan fingerprint density at radius 2 is 1.88 bits per heavy atom. The molecule has 0 aliphatic carbocycles. The first-order chi connectivity index (χ1) is 20.4. The van der Waals surface area contributed by atoms with Crippen molar-refractivity contribution in [1.82, 2.24) is 19.4 Å². The van der Waals surface area contributed by atoms with Gasteiger partial charge >= 0.3 is 5.97 Å². The Bertz CT molecular complexity index is 1620. The average molecular weight is 572 g/mol. The second kappa shape index (κ2) is 11.0. The van der Waals surface area contributed by atoms with Gasteiger partial charge in [0.25, 0.3) is 0 Å². The topological polar surface area (TPSA) is 93.0 Å². The van der Waals surface area contributed by atoms with E-state index in [9.17, 15) is 14.3 Å². The van der Waals surface area contributed by atoms with Crippen LogP contribution in [0.15, 0.2) is 54.6 Å². The summed E-state index contributed by atoms with van der Waals surface area (Å²) in [4.78, 5) is 26.3. The lowest BCUT2D eigenvalue weighted by molar-refractivity contribution is -0.0592. The molecule has 3 fully saturated rings. The van der Waals surface area contributed by atoms with E-state index in [0.29, 0.717) is 36.6 Å². The highest BCUT2D eigenvalue weighted by molar-refractivity contribution is 5.92. The number of imidazole rings is 1. The predicted molar refractivity (Wildman–Crippen MR) is 155 cm³/mol. The number of carboxylic acids is 1. The Morgan fingerprint density at radius 1 is 1.07 bits per heavy atom. The number of aromatic nitrogens is 3. The molecule has 9 nitrogen and oxygen atoms in total. The van der Waals surface area contributed by atoms with Gasteiger partial charge in [-0.1, -0.05) is 18.2 Å². The molecule has 0 radical (unpaired) electrons. The Kier molecular flexibility index (Phi) is 7.03. The zero-order valence-electron chi connectivity index (χ0n) is 23.6. The number of halogens is 1. The number of fused-ring (bicyclic) bond motifs is 3. The molecule has 3 atom stereocenters. The molecule has 2 unspecified atom stereocenters. The monoisotopic (exact) mass is 571 g/mol. The molecule has 3 aliphatic rings. The Labute approximate surface area is 243 Å². The van der Waals surface area contributed by atoms with Crippen LogP contribution in [0.1, 0.15) is 46.6 Å². The molecule has 218 valence electrons. The molecule has 0 spiro atoms. The fraction of sp³-hybridized carbons (Fsp3) is 0.406. The number of carbonyl (C=O) groups is 1. The largest absolute Gasteiger partial charge is 0.478 e. The van der Waals surface area contributed by atoms with Crippen LogP contribution in [0.2, 0.25) is 0 Å². The number of hydrogen-bond donors (Lipinski definition) is 1. The van der Waals surface area contributed by atoms with E-state index in [1.807, 2.05) is 31.2 Å². The highest BCUT2D eigenvalue weighted by Crippen LogP contribution is 2.34. The van der Waals surface area contributed by atoms with E-state index in [1.165, 1.54) is 6.07 Å². The zero-order valence-corrected chi connectivity index (χ0v) is 23.6. The summed E-state index contributed by atoms with van der Waals surface area (Å²) in [6.45, 7) is 5.82. The molecule has 3 saturated heterocycles. The number of aryl methyl sites for hydroxylation is 1. The Morgan fingerprint density at radius 3 is 2.60 bits per heavy atom. The van der Waals surface area contributed by atoms with Crippen molar-refractivity contribution in [1.29, 1.82) is 0 Å². The first-order valence-corrected chi connectivity index (χ1v) is 14.6. The van der Waals surface area contributed by atoms with Crippen molar-refractivity contribution in [2.75, 3.05) is 24.6 Å². The van der Waals surface area contributed by atoms with E-state index in [0.717, 1.165) is 67.2 Å². The van der Waals surface area contributed by atoms with Gasteiger partial charge in [-0.05, 0) is 62.1 Å². The van der Waals surface area contributed by atoms with Gasteiger partial charge in [0.1, 0.15) is 24.1 Å². The molecule has 0 amide bonds. The van der Waals surface area contributed by atoms with E-state index in [2.05, 4.69) is 14.4 Å². The maximum atomic E-state index is 14.3. The molecule has 3 aliphatic heterocycles. The van der Waals surface area contributed by atoms with Gasteiger partial charge in [0, 0.05) is 43.4 Å². The van der Waals surface area contributed by atoms with Crippen molar-refractivity contribution in [2.45, 2.75) is 64.1 Å². The number of anilines is 1. The second-order valence-corrected chi connectivity index (χ2v) is 11.6. The van der Waals surface area contributed by atoms with Crippen LogP contribution in [-0.4, -0.2) is 68.4 Å². The lowest BCUT2D eigenvalue weighted by Crippen LogP contribution is -2.53. The molecular weight excluding hydrogens is 537 g/mol. The van der Waals surface area contributed by atoms with Gasteiger partial charge in [-0.25, -0.2) is 14.2 Å². The van der Waals surface area contributed by atoms with Crippen LogP contribution < -0.4 is 9.64 Å². The second-order valence-electron chi connectivity index (χ2n) is 11.6. The first-order valence-electron chi connectivity index (χ1n) is 14.6. The minimum absolute atomic E-state index is 0.127. The van der Waals surface area contributed by atoms with Gasteiger partial charge in [0.15, 0.2) is 0 Å². The summed E-state index contributed by atoms with van der Waals surface area (Å²) in [5.74, 6) is 1.09. The van der Waals surface area contributed by atoms with Crippen molar-refractivity contribution in [3.05, 3.63) is 82.9 Å². The highest BCUT2D eigenvalue weighted by Gasteiger charge is 2.41. The van der Waals surface area contributed by atoms with Gasteiger partial charge in [-0.15, -0.1) is 0 Å². The lowest BCUT2D eigenvalue weighted by Gasteiger charge is -2.41. The molecule has 10 heteroatoms. The van der Waals surface area contributed by atoms with Crippen LogP contribution in [0.5, 0.6) is 5.88 Å². The average Bonchev–Trinajstić information content (AvgIpc) is 3.40. The third kappa shape index (κ3) is 5.20. The zero-order chi connectivity index (χ0) is 28.8. The van der Waals surface area contributed by atoms with Crippen molar-refractivity contribution in [3.63, 3.8) is 0 Å². The number of rotatable bonds is 9. The smallest absolute Gasteiger partial charge is 0.335 e. The van der Waals surface area contributed by atoms with Crippen LogP contribution in [0.3, 0.4) is 0 Å². The molecule has 5 heterocycles. The van der Waals surface area contributed by atoms with Crippen molar-refractivity contribution in [2.24, 2.45) is 0 Å². The summed E-state index contributed by atoms with van der Waals surface area (Å²) in [5.41, 5.74) is 3.31. The van der Waals surface area contributed by atoms with Crippen LogP contribution in [0.4, 0.5) is 10.2 Å². The lowest BCUT2D eigenvalue weighted by atomic mass is 10.1. The number of nitrogens with zero attached hydrogens (tertiary/aromatic N) is 5. The quantitative estimate of drug-likeness (QED) is 0.306. The number of carboxylic acid groups (broad SMARTS) is 1. The number of hydrogen-bond acceptors (Lipinski definition) is 7. The molecule has 0 saturated carbocycles. The summed E-state index contributed by atoms with van der Waals surface area (Å²) in [7, 11) is 0. The summed E-state index contributed by atoms with van der Waals surface area (Å²) in [6, 6.07) is 16.8. The van der Waals surface area contributed by atoms with E-state index in [1.54, 1.807) is 24.3 Å². The molecule has 2 bridgehead atoms. The minimum atomic E-state index is -0.939. The maximum Gasteiger partial charge on any atom is 0.335 e. The molecule has 2 aromatic carbocycles. The SMILES string of the molecule is Cc1ccc(COc2cccc(N3CC4CCC(C3)N4Cc3nc4ccc(C(=O)O)cc4n3C[C@@H]3CCO3)n2)c(F)c1. The fourth-order valence-electron chi connectivity index (χ4n) is 6.44. The summed E-state index contributed by atoms with van der Waals surface area (Å²) in [5, 5.41) is 9.56. The van der Waals surface area contributed by atoms with E-state index in [4.69, 9.17) is 19.4 Å². The number of piperazine rings is 1. The summed E-state index contributed by atoms with van der Waals surface area (Å²) in [6.07, 6.45) is 3.32. The van der Waals surface area contributed by atoms with Crippen molar-refractivity contribution < 1.29 is 23.8 Å². The first kappa shape index (κ1) is 26.9. The summed E-state index contributed by atoms with van der Waals surface area (Å²) < 4.78 is 28.1. The Hall–Kier alpha value is -4.02. The molecule has 42 heavy (non-hydrogen) atoms. The van der Waals surface area contributed by atoms with Gasteiger partial charge in [-0.3, -0.25) is 4.90 Å². The molecule has 2 aromatic heterocycles. The molecule has 1 N–H and O–H groups in total. The van der Waals surface area contributed by atoms with Crippen LogP contribution in [0.25, 0.3) is 11.0 Å². The summed E-state index contributed by atoms with van der Waals surface area (Å²) >= 11 is 0. The van der Waals surface area contributed by atoms with Gasteiger partial charge < -0.3 is 24.0 Å². The number of ether oxygens (including phenoxy) is 2. The van der Waals surface area contributed by atoms with Crippen LogP contribution >= 0.6 is 0 Å². The Balaban J connectivity index is 1.07.